The van der Waals surface area contributed by atoms with Gasteiger partial charge in [0.25, 0.3) is 0 Å². The van der Waals surface area contributed by atoms with Crippen molar-refractivity contribution in [2.75, 3.05) is 12.4 Å². The number of rotatable bonds is 3. The highest BCUT2D eigenvalue weighted by Crippen LogP contribution is 2.23. The number of carbonyl (C=O) groups excluding carboxylic acids is 1. The summed E-state index contributed by atoms with van der Waals surface area (Å²) in [6.07, 6.45) is -0.521. The van der Waals surface area contributed by atoms with Gasteiger partial charge < -0.3 is 9.94 Å². The molecule has 1 aromatic carbocycles. The summed E-state index contributed by atoms with van der Waals surface area (Å²) in [6.45, 7) is 5.71. The molecule has 106 valence electrons. The van der Waals surface area contributed by atoms with Crippen LogP contribution in [0.4, 0.5) is 10.5 Å². The highest BCUT2D eigenvalue weighted by molar-refractivity contribution is 9.10. The maximum absolute atomic E-state index is 11.8. The first-order valence-corrected chi connectivity index (χ1v) is 6.65. The summed E-state index contributed by atoms with van der Waals surface area (Å²) in [5, 5.41) is 13.0. The lowest BCUT2D eigenvalue weighted by Gasteiger charge is -2.21. The first-order valence-electron chi connectivity index (χ1n) is 5.86. The van der Waals surface area contributed by atoms with Crippen molar-refractivity contribution in [3.05, 3.63) is 28.2 Å². The standard InChI is InChI=1S/C13H19BrN2O3/c1-13(2,3)19-12(17)15-11-7-10(14)6-5-9(11)8-16(4)18/h5-7,18H,8H2,1-4H3,(H,15,17). The lowest BCUT2D eigenvalue weighted by molar-refractivity contribution is -0.0730. The summed E-state index contributed by atoms with van der Waals surface area (Å²) in [4.78, 5) is 11.8. The molecule has 2 N–H and O–H groups in total. The van der Waals surface area contributed by atoms with Crippen molar-refractivity contribution in [1.82, 2.24) is 5.06 Å². The minimum Gasteiger partial charge on any atom is -0.444 e. The highest BCUT2D eigenvalue weighted by Gasteiger charge is 2.17. The van der Waals surface area contributed by atoms with Crippen LogP contribution in [0.2, 0.25) is 0 Å². The van der Waals surface area contributed by atoms with Crippen LogP contribution in [0.25, 0.3) is 0 Å². The van der Waals surface area contributed by atoms with Crippen molar-refractivity contribution < 1.29 is 14.7 Å². The molecule has 19 heavy (non-hydrogen) atoms. The summed E-state index contributed by atoms with van der Waals surface area (Å²) >= 11 is 3.35. The van der Waals surface area contributed by atoms with E-state index in [0.29, 0.717) is 12.2 Å². The van der Waals surface area contributed by atoms with E-state index in [9.17, 15) is 10.0 Å². The number of benzene rings is 1. The van der Waals surface area contributed by atoms with Crippen LogP contribution in [0.1, 0.15) is 26.3 Å². The second kappa shape index (κ2) is 6.36. The Labute approximate surface area is 121 Å². The third-order valence-electron chi connectivity index (χ3n) is 2.11. The second-order valence-corrected chi connectivity index (χ2v) is 6.16. The Morgan fingerprint density at radius 3 is 2.63 bits per heavy atom. The van der Waals surface area contributed by atoms with E-state index in [4.69, 9.17) is 4.74 Å². The van der Waals surface area contributed by atoms with Crippen molar-refractivity contribution in [2.24, 2.45) is 0 Å². The van der Waals surface area contributed by atoms with E-state index in [1.54, 1.807) is 33.9 Å². The Morgan fingerprint density at radius 1 is 1.47 bits per heavy atom. The van der Waals surface area contributed by atoms with Crippen molar-refractivity contribution >= 4 is 27.7 Å². The average molecular weight is 331 g/mol. The van der Waals surface area contributed by atoms with Crippen molar-refractivity contribution in [2.45, 2.75) is 32.9 Å². The van der Waals surface area contributed by atoms with E-state index in [1.807, 2.05) is 12.1 Å². The van der Waals surface area contributed by atoms with Crippen molar-refractivity contribution in [1.29, 1.82) is 0 Å². The number of nitrogens with one attached hydrogen (secondary N) is 1. The smallest absolute Gasteiger partial charge is 0.412 e. The van der Waals surface area contributed by atoms with Crippen LogP contribution in [0.5, 0.6) is 0 Å². The number of carbonyl (C=O) groups is 1. The Bertz CT molecular complexity index is 456. The van der Waals surface area contributed by atoms with E-state index in [2.05, 4.69) is 21.2 Å². The van der Waals surface area contributed by atoms with Crippen molar-refractivity contribution in [3.8, 4) is 0 Å². The molecule has 0 saturated heterocycles. The largest absolute Gasteiger partial charge is 0.444 e. The summed E-state index contributed by atoms with van der Waals surface area (Å²) in [7, 11) is 1.54. The first kappa shape index (κ1) is 15.9. The molecule has 0 radical (unpaired) electrons. The molecule has 1 aromatic rings. The van der Waals surface area contributed by atoms with Gasteiger partial charge in [0.2, 0.25) is 0 Å². The van der Waals surface area contributed by atoms with Gasteiger partial charge in [0.05, 0.1) is 6.54 Å². The molecular formula is C13H19BrN2O3. The third kappa shape index (κ3) is 6.04. The molecule has 6 heteroatoms. The van der Waals surface area contributed by atoms with Gasteiger partial charge in [-0.25, -0.2) is 4.79 Å². The summed E-state index contributed by atoms with van der Waals surface area (Å²) in [5.41, 5.74) is 0.841. The molecular weight excluding hydrogens is 312 g/mol. The summed E-state index contributed by atoms with van der Waals surface area (Å²) < 4.78 is 6.04. The zero-order valence-electron chi connectivity index (χ0n) is 11.5. The Balaban J connectivity index is 2.86. The van der Waals surface area contributed by atoms with E-state index in [1.165, 1.54) is 0 Å². The molecule has 1 amide bonds. The van der Waals surface area contributed by atoms with E-state index < -0.39 is 11.7 Å². The van der Waals surface area contributed by atoms with Gasteiger partial charge in [-0.15, -0.1) is 0 Å². The summed E-state index contributed by atoms with van der Waals surface area (Å²) in [5.74, 6) is 0. The molecule has 0 bridgehead atoms. The number of hydroxylamine groups is 2. The van der Waals surface area contributed by atoms with E-state index in [0.717, 1.165) is 15.1 Å². The van der Waals surface area contributed by atoms with Gasteiger partial charge in [-0.3, -0.25) is 5.32 Å². The Morgan fingerprint density at radius 2 is 2.11 bits per heavy atom. The fourth-order valence-corrected chi connectivity index (χ4v) is 1.82. The number of amides is 1. The van der Waals surface area contributed by atoms with Gasteiger partial charge in [-0.05, 0) is 38.5 Å². The zero-order chi connectivity index (χ0) is 14.6. The second-order valence-electron chi connectivity index (χ2n) is 5.24. The highest BCUT2D eigenvalue weighted by atomic mass is 79.9. The minimum absolute atomic E-state index is 0.304. The van der Waals surface area contributed by atoms with Crippen LogP contribution < -0.4 is 5.32 Å². The molecule has 0 unspecified atom stereocenters. The number of anilines is 1. The maximum Gasteiger partial charge on any atom is 0.412 e. The van der Waals surface area contributed by atoms with Crippen LogP contribution in [-0.2, 0) is 11.3 Å². The van der Waals surface area contributed by atoms with E-state index >= 15 is 0 Å². The molecule has 0 aliphatic heterocycles. The zero-order valence-corrected chi connectivity index (χ0v) is 13.1. The summed E-state index contributed by atoms with van der Waals surface area (Å²) in [6, 6.07) is 5.44. The lowest BCUT2D eigenvalue weighted by Crippen LogP contribution is -2.27. The molecule has 0 aromatic heterocycles. The van der Waals surface area contributed by atoms with Gasteiger partial charge in [-0.1, -0.05) is 22.0 Å². The topological polar surface area (TPSA) is 61.8 Å². The predicted molar refractivity (Wildman–Crippen MR) is 77.3 cm³/mol. The Hall–Kier alpha value is -1.11. The van der Waals surface area contributed by atoms with E-state index in [-0.39, 0.29) is 0 Å². The number of nitrogens with zero attached hydrogens (tertiary/aromatic N) is 1. The monoisotopic (exact) mass is 330 g/mol. The van der Waals surface area contributed by atoms with Gasteiger partial charge >= 0.3 is 6.09 Å². The van der Waals surface area contributed by atoms with Gasteiger partial charge in [0.15, 0.2) is 0 Å². The molecule has 0 saturated carbocycles. The molecule has 0 atom stereocenters. The SMILES string of the molecule is CN(O)Cc1ccc(Br)cc1NC(=O)OC(C)(C)C. The molecule has 0 spiro atoms. The quantitative estimate of drug-likeness (QED) is 0.831. The number of hydrogen-bond donors (Lipinski definition) is 2. The number of hydrogen-bond acceptors (Lipinski definition) is 4. The number of ether oxygens (including phenoxy) is 1. The van der Waals surface area contributed by atoms with Crippen LogP contribution >= 0.6 is 15.9 Å². The van der Waals surface area contributed by atoms with Gasteiger partial charge in [0.1, 0.15) is 5.60 Å². The Kier molecular flexibility index (Phi) is 5.34. The fourth-order valence-electron chi connectivity index (χ4n) is 1.46. The predicted octanol–water partition coefficient (Wildman–Crippen LogP) is 3.62. The van der Waals surface area contributed by atoms with Gasteiger partial charge in [-0.2, -0.15) is 5.06 Å². The molecule has 0 heterocycles. The lowest BCUT2D eigenvalue weighted by atomic mass is 10.1. The molecule has 1 rings (SSSR count). The van der Waals surface area contributed by atoms with Crippen LogP contribution in [0.15, 0.2) is 22.7 Å². The average Bonchev–Trinajstić information content (AvgIpc) is 2.18. The molecule has 5 nitrogen and oxygen atoms in total. The number of halogens is 1. The van der Waals surface area contributed by atoms with Crippen LogP contribution in [0, 0.1) is 0 Å². The van der Waals surface area contributed by atoms with Gasteiger partial charge in [0, 0.05) is 17.2 Å². The first-order chi connectivity index (χ1) is 8.67. The fraction of sp³-hybridized carbons (Fsp3) is 0.462. The maximum atomic E-state index is 11.8. The van der Waals surface area contributed by atoms with Crippen molar-refractivity contribution in [3.63, 3.8) is 0 Å². The third-order valence-corrected chi connectivity index (χ3v) is 2.60. The van der Waals surface area contributed by atoms with Crippen LogP contribution in [0.3, 0.4) is 0 Å². The molecule has 0 fully saturated rings. The molecule has 0 aliphatic carbocycles. The normalized spacial score (nSPS) is 11.5. The minimum atomic E-state index is -0.552. The van der Waals surface area contributed by atoms with Crippen LogP contribution in [-0.4, -0.2) is 29.0 Å². The molecule has 0 aliphatic rings.